The Bertz CT molecular complexity index is 487. The molecule has 2 rings (SSSR count). The van der Waals surface area contributed by atoms with Gasteiger partial charge in [-0.15, -0.1) is 0 Å². The molecule has 21 heavy (non-hydrogen) atoms. The third-order valence-corrected chi connectivity index (χ3v) is 4.10. The molecule has 1 saturated heterocycles. The lowest BCUT2D eigenvalue weighted by molar-refractivity contribution is -0.116. The van der Waals surface area contributed by atoms with Gasteiger partial charge < -0.3 is 20.9 Å². The normalized spacial score (nSPS) is 16.9. The Labute approximate surface area is 131 Å². The molecular weight excluding hydrogens is 288 g/mol. The van der Waals surface area contributed by atoms with E-state index in [9.17, 15) is 4.79 Å². The minimum atomic E-state index is 0.0193. The Kier molecular flexibility index (Phi) is 5.85. The van der Waals surface area contributed by atoms with Crippen LogP contribution in [0.1, 0.15) is 12.8 Å². The molecule has 3 N–H and O–H groups in total. The van der Waals surface area contributed by atoms with Gasteiger partial charge in [0.05, 0.1) is 10.7 Å². The van der Waals surface area contributed by atoms with Crippen LogP contribution in [0, 0.1) is 0 Å². The van der Waals surface area contributed by atoms with Crippen LogP contribution in [0.15, 0.2) is 18.2 Å². The highest BCUT2D eigenvalue weighted by Gasteiger charge is 2.13. The highest BCUT2D eigenvalue weighted by atomic mass is 35.5. The number of likely N-dealkylation sites (N-methyl/N-ethyl adjacent to an activating group) is 1. The number of hydrogen-bond donors (Lipinski definition) is 2. The number of anilines is 2. The van der Waals surface area contributed by atoms with Gasteiger partial charge >= 0.3 is 0 Å². The van der Waals surface area contributed by atoms with E-state index in [-0.39, 0.29) is 5.91 Å². The molecule has 0 bridgehead atoms. The van der Waals surface area contributed by atoms with Crippen molar-refractivity contribution in [3.8, 4) is 0 Å². The van der Waals surface area contributed by atoms with Crippen LogP contribution in [0.3, 0.4) is 0 Å². The third kappa shape index (κ3) is 5.19. The number of halogens is 1. The van der Waals surface area contributed by atoms with Gasteiger partial charge in [0.2, 0.25) is 5.91 Å². The van der Waals surface area contributed by atoms with E-state index in [0.29, 0.717) is 22.8 Å². The van der Waals surface area contributed by atoms with Crippen molar-refractivity contribution >= 4 is 28.9 Å². The monoisotopic (exact) mass is 310 g/mol. The average Bonchev–Trinajstić information content (AvgIpc) is 2.45. The van der Waals surface area contributed by atoms with Crippen LogP contribution in [0.4, 0.5) is 11.4 Å². The fraction of sp³-hybridized carbons (Fsp3) is 0.533. The molecule has 1 amide bonds. The number of nitrogens with one attached hydrogen (secondary N) is 1. The number of nitrogens with zero attached hydrogens (tertiary/aromatic N) is 2. The van der Waals surface area contributed by atoms with Crippen molar-refractivity contribution in [3.63, 3.8) is 0 Å². The van der Waals surface area contributed by atoms with Crippen LogP contribution < -0.4 is 11.1 Å². The average molecular weight is 311 g/mol. The Morgan fingerprint density at radius 3 is 2.71 bits per heavy atom. The molecule has 0 aromatic heterocycles. The minimum absolute atomic E-state index is 0.0193. The van der Waals surface area contributed by atoms with Crippen LogP contribution in [0.25, 0.3) is 0 Å². The van der Waals surface area contributed by atoms with E-state index >= 15 is 0 Å². The molecule has 0 radical (unpaired) electrons. The van der Waals surface area contributed by atoms with Gasteiger partial charge in [0, 0.05) is 38.3 Å². The van der Waals surface area contributed by atoms with E-state index < -0.39 is 0 Å². The van der Waals surface area contributed by atoms with E-state index in [0.717, 1.165) is 39.1 Å². The van der Waals surface area contributed by atoms with Crippen LogP contribution in [-0.4, -0.2) is 55.5 Å². The van der Waals surface area contributed by atoms with Crippen molar-refractivity contribution in [2.45, 2.75) is 12.8 Å². The summed E-state index contributed by atoms with van der Waals surface area (Å²) >= 11 is 5.85. The fourth-order valence-electron chi connectivity index (χ4n) is 2.38. The number of amides is 1. The second-order valence-corrected chi connectivity index (χ2v) is 5.94. The number of nitrogens with two attached hydrogens (primary N) is 1. The maximum absolute atomic E-state index is 11.9. The van der Waals surface area contributed by atoms with Gasteiger partial charge in [-0.3, -0.25) is 4.79 Å². The zero-order valence-electron chi connectivity index (χ0n) is 12.4. The van der Waals surface area contributed by atoms with Gasteiger partial charge in [-0.05, 0) is 38.2 Å². The Hall–Kier alpha value is -1.30. The quantitative estimate of drug-likeness (QED) is 0.815. The van der Waals surface area contributed by atoms with E-state index in [1.807, 2.05) is 0 Å². The fourth-order valence-corrected chi connectivity index (χ4v) is 2.50. The van der Waals surface area contributed by atoms with Crippen LogP contribution in [0.5, 0.6) is 0 Å². The molecule has 1 aliphatic heterocycles. The van der Waals surface area contributed by atoms with Gasteiger partial charge in [-0.25, -0.2) is 0 Å². The highest BCUT2D eigenvalue weighted by molar-refractivity contribution is 6.33. The number of rotatable bonds is 5. The molecule has 6 heteroatoms. The number of nitrogen functional groups attached to an aromatic ring is 1. The molecule has 116 valence electrons. The lowest BCUT2D eigenvalue weighted by Crippen LogP contribution is -2.44. The molecule has 0 unspecified atom stereocenters. The summed E-state index contributed by atoms with van der Waals surface area (Å²) in [6.07, 6.45) is 1.40. The summed E-state index contributed by atoms with van der Waals surface area (Å²) in [5.74, 6) is 0.0193. The van der Waals surface area contributed by atoms with Gasteiger partial charge in [0.25, 0.3) is 0 Å². The molecule has 1 aliphatic rings. The van der Waals surface area contributed by atoms with E-state index in [2.05, 4.69) is 22.2 Å². The summed E-state index contributed by atoms with van der Waals surface area (Å²) in [7, 11) is 2.14. The van der Waals surface area contributed by atoms with E-state index in [1.165, 1.54) is 0 Å². The largest absolute Gasteiger partial charge is 0.397 e. The SMILES string of the molecule is CN1CCN(CCCC(=O)Nc2ccc(Cl)c(N)c2)CC1. The lowest BCUT2D eigenvalue weighted by Gasteiger charge is -2.32. The lowest BCUT2D eigenvalue weighted by atomic mass is 10.2. The molecule has 0 saturated carbocycles. The Morgan fingerprint density at radius 1 is 1.33 bits per heavy atom. The first-order valence-electron chi connectivity index (χ1n) is 7.30. The summed E-state index contributed by atoms with van der Waals surface area (Å²) < 4.78 is 0. The summed E-state index contributed by atoms with van der Waals surface area (Å²) in [5.41, 5.74) is 6.89. The number of carbonyl (C=O) groups excluding carboxylic acids is 1. The van der Waals surface area contributed by atoms with Gasteiger partial charge in [-0.1, -0.05) is 11.6 Å². The number of carbonyl (C=O) groups is 1. The van der Waals surface area contributed by atoms with Crippen molar-refractivity contribution in [2.75, 3.05) is 50.8 Å². The molecule has 1 aromatic rings. The number of hydrogen-bond acceptors (Lipinski definition) is 4. The smallest absolute Gasteiger partial charge is 0.224 e. The van der Waals surface area contributed by atoms with Crippen LogP contribution >= 0.6 is 11.6 Å². The summed E-state index contributed by atoms with van der Waals surface area (Å²) in [5, 5.41) is 3.35. The second kappa shape index (κ2) is 7.64. The predicted molar refractivity (Wildman–Crippen MR) is 87.7 cm³/mol. The Balaban J connectivity index is 1.68. The molecule has 5 nitrogen and oxygen atoms in total. The maximum atomic E-state index is 11.9. The first-order valence-corrected chi connectivity index (χ1v) is 7.68. The number of piperazine rings is 1. The zero-order valence-corrected chi connectivity index (χ0v) is 13.2. The third-order valence-electron chi connectivity index (χ3n) is 3.75. The molecule has 1 aromatic carbocycles. The predicted octanol–water partition coefficient (Wildman–Crippen LogP) is 1.89. The molecule has 0 spiro atoms. The van der Waals surface area contributed by atoms with Crippen LogP contribution in [0.2, 0.25) is 5.02 Å². The van der Waals surface area contributed by atoms with Gasteiger partial charge in [0.1, 0.15) is 0 Å². The summed E-state index contributed by atoms with van der Waals surface area (Å²) in [6, 6.07) is 5.13. The first kappa shape index (κ1) is 16.1. The Morgan fingerprint density at radius 2 is 2.05 bits per heavy atom. The molecule has 0 atom stereocenters. The van der Waals surface area contributed by atoms with Crippen molar-refractivity contribution in [2.24, 2.45) is 0 Å². The molecule has 1 fully saturated rings. The second-order valence-electron chi connectivity index (χ2n) is 5.53. The first-order chi connectivity index (χ1) is 10.0. The van der Waals surface area contributed by atoms with Crippen molar-refractivity contribution in [1.82, 2.24) is 9.80 Å². The van der Waals surface area contributed by atoms with Gasteiger partial charge in [0.15, 0.2) is 0 Å². The maximum Gasteiger partial charge on any atom is 0.224 e. The van der Waals surface area contributed by atoms with Crippen molar-refractivity contribution in [3.05, 3.63) is 23.2 Å². The van der Waals surface area contributed by atoms with Gasteiger partial charge in [-0.2, -0.15) is 0 Å². The summed E-state index contributed by atoms with van der Waals surface area (Å²) in [4.78, 5) is 16.6. The molecule has 0 aliphatic carbocycles. The van der Waals surface area contributed by atoms with E-state index in [1.54, 1.807) is 18.2 Å². The topological polar surface area (TPSA) is 61.6 Å². The zero-order chi connectivity index (χ0) is 15.2. The van der Waals surface area contributed by atoms with E-state index in [4.69, 9.17) is 17.3 Å². The summed E-state index contributed by atoms with van der Waals surface area (Å²) in [6.45, 7) is 5.37. The molecule has 1 heterocycles. The standard InChI is InChI=1S/C15H23ClN4O/c1-19-7-9-20(10-8-19)6-2-3-15(21)18-12-4-5-13(16)14(17)11-12/h4-5,11H,2-3,6-10,17H2,1H3,(H,18,21). The minimum Gasteiger partial charge on any atom is -0.397 e. The number of benzene rings is 1. The van der Waals surface area contributed by atoms with Crippen molar-refractivity contribution in [1.29, 1.82) is 0 Å². The molecular formula is C15H23ClN4O. The van der Waals surface area contributed by atoms with Crippen LogP contribution in [-0.2, 0) is 4.79 Å². The van der Waals surface area contributed by atoms with Crippen molar-refractivity contribution < 1.29 is 4.79 Å². The highest BCUT2D eigenvalue weighted by Crippen LogP contribution is 2.22.